The molecule has 13 aromatic rings. The van der Waals surface area contributed by atoms with Crippen molar-refractivity contribution in [2.24, 2.45) is 99.8 Å². The van der Waals surface area contributed by atoms with Gasteiger partial charge in [0, 0.05) is 30.3 Å². The predicted octanol–water partition coefficient (Wildman–Crippen LogP) is 19.2. The highest BCUT2D eigenvalue weighted by molar-refractivity contribution is 8.01. The summed E-state index contributed by atoms with van der Waals surface area (Å²) in [4.78, 5) is 64.1. The molecule has 21 atom stereocenters. The maximum absolute atomic E-state index is 14.0. The average Bonchev–Trinajstić information content (AvgIpc) is 1.50. The lowest BCUT2D eigenvalue weighted by atomic mass is 9.45. The van der Waals surface area contributed by atoms with Crippen molar-refractivity contribution >= 4 is 126 Å². The molecule has 7 aromatic heterocycles. The Labute approximate surface area is 809 Å². The number of allylic oxidation sites excluding steroid dienone is 3. The number of aliphatic hydroxyl groups excluding tert-OH is 3. The molecule has 12 aliphatic rings. The molecule has 25 rings (SSSR count). The van der Waals surface area contributed by atoms with Gasteiger partial charge in [0.2, 0.25) is 5.95 Å². The fourth-order valence-corrected chi connectivity index (χ4v) is 34.0. The molecule has 12 aliphatic carbocycles. The number of fused-ring (bicyclic) bond motifs is 22. The van der Waals surface area contributed by atoms with Gasteiger partial charge in [-0.25, -0.2) is 34.0 Å². The number of H-pyrrole nitrogens is 1. The minimum Gasteiger partial charge on any atom is -0.393 e. The van der Waals surface area contributed by atoms with Crippen LogP contribution in [-0.2, 0) is 47.7 Å². The fraction of sp³-hybridized carbons (Fsp3) is 0.473. The Bertz CT molecular complexity index is 7030. The van der Waals surface area contributed by atoms with Crippen LogP contribution in [0.4, 0.5) is 0 Å². The molecule has 15 unspecified atom stereocenters. The maximum atomic E-state index is 14.0. The van der Waals surface area contributed by atoms with Gasteiger partial charge < -0.3 is 44.8 Å². The Morgan fingerprint density at radius 2 is 0.787 bits per heavy atom. The van der Waals surface area contributed by atoms with E-state index in [2.05, 4.69) is 141 Å². The van der Waals surface area contributed by atoms with E-state index in [0.29, 0.717) is 44.5 Å². The number of carbonyl (C=O) groups excluding carboxylic acids is 3. The number of benzene rings is 6. The first-order chi connectivity index (χ1) is 65.2. The Morgan fingerprint density at radius 3 is 1.18 bits per heavy atom. The second-order valence-electron chi connectivity index (χ2n) is 43.7. The van der Waals surface area contributed by atoms with Crippen molar-refractivity contribution in [2.45, 2.75) is 221 Å². The van der Waals surface area contributed by atoms with Gasteiger partial charge in [-0.05, 0) is 307 Å². The number of nitrogens with zero attached hydrogens (tertiary/aromatic N) is 12. The Morgan fingerprint density at radius 1 is 0.426 bits per heavy atom. The number of carbonyl (C=O) groups is 3. The zero-order valence-electron chi connectivity index (χ0n) is 79.0. The first-order valence-electron chi connectivity index (χ1n) is 49.1. The van der Waals surface area contributed by atoms with E-state index < -0.39 is 51.4 Å². The summed E-state index contributed by atoms with van der Waals surface area (Å²) < 4.78 is 12.0. The summed E-state index contributed by atoms with van der Waals surface area (Å²) in [6, 6.07) is 48.9. The zero-order valence-corrected chi connectivity index (χ0v) is 82.3. The molecule has 0 amide bonds. The summed E-state index contributed by atoms with van der Waals surface area (Å²) in [7, 11) is 3.93. The summed E-state index contributed by atoms with van der Waals surface area (Å²) in [6.07, 6.45) is 24.5. The largest absolute Gasteiger partial charge is 0.393 e. The van der Waals surface area contributed by atoms with Crippen LogP contribution in [0.25, 0.3) is 78.9 Å². The quantitative estimate of drug-likeness (QED) is 0.0469. The highest BCUT2D eigenvalue weighted by Gasteiger charge is 2.72. The molecular formula is C110H121N13O9S4. The number of thioether (sulfide) groups is 3. The van der Waals surface area contributed by atoms with Crippen LogP contribution in [0.1, 0.15) is 183 Å². The molecule has 0 bridgehead atoms. The van der Waals surface area contributed by atoms with Gasteiger partial charge in [-0.1, -0.05) is 177 Å². The average molecular weight is 1900 g/mol. The molecule has 704 valence electrons. The fourth-order valence-electron chi connectivity index (χ4n) is 30.1. The van der Waals surface area contributed by atoms with Crippen LogP contribution >= 0.6 is 46.6 Å². The van der Waals surface area contributed by atoms with Crippen molar-refractivity contribution in [2.75, 3.05) is 17.3 Å². The normalized spacial score (nSPS) is 33.6. The lowest BCUT2D eigenvalue weighted by Gasteiger charge is -2.60. The van der Waals surface area contributed by atoms with Crippen LogP contribution < -0.4 is 0 Å². The van der Waals surface area contributed by atoms with Crippen molar-refractivity contribution in [3.63, 3.8) is 0 Å². The summed E-state index contributed by atoms with van der Waals surface area (Å²) in [6.45, 7) is 17.4. The number of aromatic amines is 1. The smallest absolute Gasteiger partial charge is 0.229 e. The number of aromatic nitrogens is 13. The molecule has 0 spiro atoms. The van der Waals surface area contributed by atoms with Gasteiger partial charge in [0.1, 0.15) is 16.8 Å². The minimum absolute atomic E-state index is 0.0510. The Kier molecular flexibility index (Phi) is 21.9. The van der Waals surface area contributed by atoms with Crippen LogP contribution in [-0.4, -0.2) is 164 Å². The highest BCUT2D eigenvalue weighted by Crippen LogP contribution is 2.72. The van der Waals surface area contributed by atoms with Crippen LogP contribution in [0, 0.1) is 99.6 Å². The molecule has 9 saturated carbocycles. The van der Waals surface area contributed by atoms with E-state index in [1.54, 1.807) is 11.3 Å². The van der Waals surface area contributed by atoms with E-state index in [0.717, 1.165) is 169 Å². The van der Waals surface area contributed by atoms with E-state index in [-0.39, 0.29) is 104 Å². The van der Waals surface area contributed by atoms with E-state index in [4.69, 9.17) is 30.2 Å². The van der Waals surface area contributed by atoms with Crippen LogP contribution in [0.15, 0.2) is 196 Å². The number of ketones is 3. The van der Waals surface area contributed by atoms with Gasteiger partial charge >= 0.3 is 0 Å². The van der Waals surface area contributed by atoms with Crippen molar-refractivity contribution < 1.29 is 45.0 Å². The van der Waals surface area contributed by atoms with Crippen molar-refractivity contribution in [1.82, 2.24) is 63.4 Å². The summed E-state index contributed by atoms with van der Waals surface area (Å²) in [5.74, 6) is 2.35. The van der Waals surface area contributed by atoms with E-state index in [9.17, 15) is 45.0 Å². The number of para-hydroxylation sites is 7. The van der Waals surface area contributed by atoms with E-state index in [1.807, 2.05) is 144 Å². The Balaban J connectivity index is 0.000000115. The number of nitrogens with one attached hydrogen (secondary N) is 1. The standard InChI is InChI=1S/C37H40N6O3S.C37H42N4O3S.C36H39N3O3S2/c1-35-17-21-19-38-43(33-39-25-8-4-5-9-26(25)40-33)29(21)16-22(35)12-13-23-24-14-15-37(46,36(24,2)18-30(44)32(23)35)31(45)20-47-34-41-27-10-6-7-11-28(27)42(34)3;1-22-9-12-25(13-10-22)41-30-17-24-11-14-26-27-15-16-37(44,32(43)21-45-34-39-28-7-5-6-8-29(28)40(34)4)36(27,3)19-31(42)33(26)35(24,2)18-23(30)20-38-41;1-21-8-11-24(12-9-21)39-28-16-23-10-13-25-26-14-15-36(42,31(41)20-43-33-38-27-6-4-5-7-30(27)44-33)35(26,3)18-29(40)32(25)34(23,2)17-22(28)19-37-39/h4-11,16,19,23-24,30,32,44,46H,12-15,17-18,20H2,1-3H3,(H,39,40);5-10,12-13,17,20,26-27,31,33,42,44H,11,14-16,18-19,21H2,1-4H3;4-9,11-12,16,19,25-26,29,32,40,42H,10,13-15,17-18,20H2,1-3H3/t23?,24?,30-,32?,35?,36?,37-;26?,27?,31-,33?,35?,36?,37-;25?,26?,29-,32?,34?,35?,36-/m000/s1. The molecule has 0 aliphatic heterocycles. The SMILES string of the molecule is Cc1ccc(-n2ncc3c2C=C2CCC4C([C@@H](O)CC5(C)C4CC[C@]5(O)C(=O)CSc4nc5ccccc5n4C)C2(C)C3)cc1.Cc1ccc(-n2ncc3c2C=C2CCC4C([C@@H](O)CC5(C)C4CC[C@]5(O)C(=O)CSc4nc5ccccc5s4)C2(C)C3)cc1.Cn1c(SCC(=O)[C@@]2(O)CCC3C4CCC5=Cc6c(cnn6-c6nc7ccccc7[nH]6)CC5(C)C4[C@@H](O)CC32C)nc2ccccc21. The van der Waals surface area contributed by atoms with E-state index in [1.165, 1.54) is 74.3 Å². The lowest BCUT2D eigenvalue weighted by Crippen LogP contribution is -2.62. The third kappa shape index (κ3) is 13.8. The van der Waals surface area contributed by atoms with Gasteiger partial charge in [0.15, 0.2) is 32.0 Å². The predicted molar refractivity (Wildman–Crippen MR) is 535 cm³/mol. The second kappa shape index (κ2) is 33.0. The monoisotopic (exact) mass is 1900 g/mol. The third-order valence-corrected chi connectivity index (χ3v) is 41.2. The number of imidazole rings is 3. The van der Waals surface area contributed by atoms with Crippen LogP contribution in [0.3, 0.4) is 0 Å². The van der Waals surface area contributed by atoms with Gasteiger partial charge in [-0.2, -0.15) is 15.3 Å². The molecule has 0 radical (unpaired) electrons. The molecule has 6 aromatic carbocycles. The first kappa shape index (κ1) is 90.2. The summed E-state index contributed by atoms with van der Waals surface area (Å²) in [5.41, 5.74) is 15.5. The van der Waals surface area contributed by atoms with Crippen LogP contribution in [0.2, 0.25) is 0 Å². The van der Waals surface area contributed by atoms with E-state index >= 15 is 0 Å². The molecule has 22 nitrogen and oxygen atoms in total. The molecule has 136 heavy (non-hydrogen) atoms. The van der Waals surface area contributed by atoms with Crippen LogP contribution in [0.5, 0.6) is 0 Å². The zero-order chi connectivity index (χ0) is 94.0. The lowest BCUT2D eigenvalue weighted by molar-refractivity contribution is -0.178. The van der Waals surface area contributed by atoms with Crippen molar-refractivity contribution in [1.29, 1.82) is 0 Å². The number of aliphatic hydroxyl groups is 6. The molecule has 0 saturated heterocycles. The molecule has 7 N–H and O–H groups in total. The van der Waals surface area contributed by atoms with Gasteiger partial charge in [0.05, 0.1) is 126 Å². The van der Waals surface area contributed by atoms with Gasteiger partial charge in [-0.3, -0.25) is 14.4 Å². The van der Waals surface area contributed by atoms with Gasteiger partial charge in [0.25, 0.3) is 0 Å². The minimum atomic E-state index is -1.47. The molecular weight excluding hydrogens is 1780 g/mol. The highest BCUT2D eigenvalue weighted by atomic mass is 32.2. The van der Waals surface area contributed by atoms with Crippen molar-refractivity contribution in [3.8, 4) is 17.3 Å². The summed E-state index contributed by atoms with van der Waals surface area (Å²) >= 11 is 5.82. The topological polar surface area (TPSA) is 303 Å². The first-order valence-corrected chi connectivity index (χ1v) is 52.8. The van der Waals surface area contributed by atoms with Crippen molar-refractivity contribution in [3.05, 3.63) is 226 Å². The number of aryl methyl sites for hydroxylation is 4. The number of rotatable bonds is 15. The number of thiazole rings is 1. The summed E-state index contributed by atoms with van der Waals surface area (Å²) in [5, 5.41) is 88.7. The number of hydrogen-bond donors (Lipinski definition) is 7. The van der Waals surface area contributed by atoms with Gasteiger partial charge in [-0.15, -0.1) is 11.3 Å². The molecule has 7 heterocycles. The number of hydrogen-bond acceptors (Lipinski definition) is 20. The Hall–Kier alpha value is -9.71. The maximum Gasteiger partial charge on any atom is 0.229 e. The third-order valence-electron chi connectivity index (χ3n) is 37.0. The second-order valence-corrected chi connectivity index (χ2v) is 47.8. The molecule has 26 heteroatoms. The molecule has 9 fully saturated rings. The number of Topliss-reactive ketones (excluding diaryl/α,β-unsaturated/α-hetero) is 3.